The minimum atomic E-state index is -0.189. The van der Waals surface area contributed by atoms with E-state index >= 15 is 0 Å². The number of ether oxygens (including phenoxy) is 1. The van der Waals surface area contributed by atoms with Crippen molar-refractivity contribution < 1.29 is 14.1 Å². The molecule has 0 spiro atoms. The molecule has 2 aromatic rings. The summed E-state index contributed by atoms with van der Waals surface area (Å²) >= 11 is 5.80. The van der Waals surface area contributed by atoms with Gasteiger partial charge in [0.25, 0.3) is 5.91 Å². The van der Waals surface area contributed by atoms with Crippen molar-refractivity contribution in [3.63, 3.8) is 0 Å². The quantitative estimate of drug-likeness (QED) is 0.928. The van der Waals surface area contributed by atoms with Crippen molar-refractivity contribution in [2.45, 2.75) is 44.8 Å². The third kappa shape index (κ3) is 4.22. The molecular formula is C16H18ClN3O3. The number of hydrogen-bond donors (Lipinski definition) is 1. The molecule has 2 aromatic heterocycles. The van der Waals surface area contributed by atoms with Gasteiger partial charge >= 0.3 is 0 Å². The average molecular weight is 336 g/mol. The zero-order valence-corrected chi connectivity index (χ0v) is 13.5. The topological polar surface area (TPSA) is 77.2 Å². The average Bonchev–Trinajstić information content (AvgIpc) is 2.98. The summed E-state index contributed by atoms with van der Waals surface area (Å²) in [7, 11) is 0. The zero-order chi connectivity index (χ0) is 16.2. The third-order valence-electron chi connectivity index (χ3n) is 3.86. The molecule has 0 atom stereocenters. The van der Waals surface area contributed by atoms with Crippen LogP contribution >= 0.6 is 11.6 Å². The first-order valence-corrected chi connectivity index (χ1v) is 8.00. The van der Waals surface area contributed by atoms with E-state index in [1.165, 1.54) is 0 Å². The van der Waals surface area contributed by atoms with Gasteiger partial charge in [-0.05, 0) is 38.7 Å². The summed E-state index contributed by atoms with van der Waals surface area (Å²) in [6.45, 7) is 1.76. The van der Waals surface area contributed by atoms with Crippen molar-refractivity contribution in [3.05, 3.63) is 40.9 Å². The lowest BCUT2D eigenvalue weighted by Crippen LogP contribution is -2.39. The number of amides is 1. The predicted molar refractivity (Wildman–Crippen MR) is 84.6 cm³/mol. The number of nitrogens with one attached hydrogen (secondary N) is 1. The lowest BCUT2D eigenvalue weighted by molar-refractivity contribution is 0.0881. The summed E-state index contributed by atoms with van der Waals surface area (Å²) in [6.07, 6.45) is 5.15. The van der Waals surface area contributed by atoms with Crippen molar-refractivity contribution >= 4 is 17.5 Å². The molecule has 0 aliphatic heterocycles. The number of hydrogen-bond acceptors (Lipinski definition) is 5. The Morgan fingerprint density at radius 1 is 1.35 bits per heavy atom. The lowest BCUT2D eigenvalue weighted by atomic mass is 9.93. The molecule has 1 N–H and O–H groups in total. The Bertz CT molecular complexity index is 663. The Balaban J connectivity index is 1.46. The van der Waals surface area contributed by atoms with Crippen LogP contribution in [0.4, 0.5) is 0 Å². The van der Waals surface area contributed by atoms with E-state index in [0.717, 1.165) is 25.7 Å². The van der Waals surface area contributed by atoms with Crippen LogP contribution in [0.15, 0.2) is 28.9 Å². The Morgan fingerprint density at radius 2 is 2.13 bits per heavy atom. The van der Waals surface area contributed by atoms with E-state index in [2.05, 4.69) is 15.5 Å². The molecule has 6 nitrogen and oxygen atoms in total. The maximum Gasteiger partial charge on any atom is 0.273 e. The first-order valence-electron chi connectivity index (χ1n) is 7.62. The number of halogens is 1. The van der Waals surface area contributed by atoms with Gasteiger partial charge in [0.05, 0.1) is 5.02 Å². The Labute approximate surface area is 139 Å². The van der Waals surface area contributed by atoms with Crippen molar-refractivity contribution in [1.82, 2.24) is 15.5 Å². The molecule has 1 fully saturated rings. The van der Waals surface area contributed by atoms with E-state index < -0.39 is 0 Å². The Kier molecular flexibility index (Phi) is 4.81. The van der Waals surface area contributed by atoms with E-state index in [0.29, 0.717) is 22.4 Å². The molecule has 1 aliphatic rings. The number of aromatic nitrogens is 2. The van der Waals surface area contributed by atoms with Crippen LogP contribution < -0.4 is 10.1 Å². The normalized spacial score (nSPS) is 21.0. The second kappa shape index (κ2) is 7.00. The van der Waals surface area contributed by atoms with Crippen LogP contribution in [-0.2, 0) is 0 Å². The molecule has 7 heteroatoms. The Morgan fingerprint density at radius 3 is 2.74 bits per heavy atom. The monoisotopic (exact) mass is 335 g/mol. The second-order valence-electron chi connectivity index (χ2n) is 5.70. The molecule has 1 aliphatic carbocycles. The van der Waals surface area contributed by atoms with Crippen LogP contribution in [0.5, 0.6) is 5.88 Å². The van der Waals surface area contributed by atoms with Crippen LogP contribution in [0.3, 0.4) is 0 Å². The molecule has 0 saturated heterocycles. The molecule has 1 amide bonds. The van der Waals surface area contributed by atoms with Gasteiger partial charge < -0.3 is 14.6 Å². The standard InChI is InChI=1S/C16H18ClN3O3/c1-10-8-14(20-23-10)16(21)19-12-3-5-13(6-4-12)22-15-7-2-11(17)9-18-15/h2,7-9,12-13H,3-6H2,1H3,(H,19,21). The minimum Gasteiger partial charge on any atom is -0.474 e. The fourth-order valence-electron chi connectivity index (χ4n) is 2.66. The number of carbonyl (C=O) groups is 1. The van der Waals surface area contributed by atoms with Crippen LogP contribution in [-0.4, -0.2) is 28.2 Å². The van der Waals surface area contributed by atoms with Crippen molar-refractivity contribution in [3.8, 4) is 5.88 Å². The number of aryl methyl sites for hydroxylation is 1. The van der Waals surface area contributed by atoms with Crippen molar-refractivity contribution in [1.29, 1.82) is 0 Å². The molecule has 0 aromatic carbocycles. The van der Waals surface area contributed by atoms with Gasteiger partial charge in [-0.15, -0.1) is 0 Å². The van der Waals surface area contributed by atoms with E-state index in [1.54, 1.807) is 31.3 Å². The summed E-state index contributed by atoms with van der Waals surface area (Å²) in [6, 6.07) is 5.30. The third-order valence-corrected chi connectivity index (χ3v) is 4.08. The summed E-state index contributed by atoms with van der Waals surface area (Å²) in [5, 5.41) is 7.31. The molecular weight excluding hydrogens is 318 g/mol. The van der Waals surface area contributed by atoms with E-state index in [1.807, 2.05) is 0 Å². The second-order valence-corrected chi connectivity index (χ2v) is 6.14. The first kappa shape index (κ1) is 15.8. The summed E-state index contributed by atoms with van der Waals surface area (Å²) < 4.78 is 10.8. The van der Waals surface area contributed by atoms with Crippen molar-refractivity contribution in [2.75, 3.05) is 0 Å². The summed E-state index contributed by atoms with van der Waals surface area (Å²) in [5.74, 6) is 1.02. The highest BCUT2D eigenvalue weighted by Crippen LogP contribution is 2.23. The fraction of sp³-hybridized carbons (Fsp3) is 0.438. The first-order chi connectivity index (χ1) is 11.1. The van der Waals surface area contributed by atoms with Crippen LogP contribution in [0.25, 0.3) is 0 Å². The van der Waals surface area contributed by atoms with Crippen LogP contribution in [0, 0.1) is 6.92 Å². The molecule has 3 rings (SSSR count). The molecule has 0 radical (unpaired) electrons. The number of pyridine rings is 1. The van der Waals surface area contributed by atoms with E-state index in [9.17, 15) is 4.79 Å². The molecule has 1 saturated carbocycles. The highest BCUT2D eigenvalue weighted by molar-refractivity contribution is 6.30. The molecule has 122 valence electrons. The van der Waals surface area contributed by atoms with E-state index in [-0.39, 0.29) is 18.1 Å². The maximum atomic E-state index is 12.0. The number of carbonyl (C=O) groups excluding carboxylic acids is 1. The largest absolute Gasteiger partial charge is 0.474 e. The Hall–Kier alpha value is -2.08. The predicted octanol–water partition coefficient (Wildman–Crippen LogP) is 3.15. The van der Waals surface area contributed by atoms with Gasteiger partial charge in [0.15, 0.2) is 5.69 Å². The van der Waals surface area contributed by atoms with Crippen LogP contribution in [0.2, 0.25) is 5.02 Å². The molecule has 2 heterocycles. The van der Waals surface area contributed by atoms with Gasteiger partial charge in [-0.2, -0.15) is 0 Å². The van der Waals surface area contributed by atoms with Gasteiger partial charge in [-0.1, -0.05) is 16.8 Å². The number of nitrogens with zero attached hydrogens (tertiary/aromatic N) is 2. The minimum absolute atomic E-state index is 0.117. The summed E-state index contributed by atoms with van der Waals surface area (Å²) in [4.78, 5) is 16.2. The lowest BCUT2D eigenvalue weighted by Gasteiger charge is -2.28. The van der Waals surface area contributed by atoms with Gasteiger partial charge in [-0.25, -0.2) is 4.98 Å². The molecule has 23 heavy (non-hydrogen) atoms. The number of rotatable bonds is 4. The highest BCUT2D eigenvalue weighted by atomic mass is 35.5. The van der Waals surface area contributed by atoms with Gasteiger partial charge in [0, 0.05) is 24.4 Å². The SMILES string of the molecule is Cc1cc(C(=O)NC2CCC(Oc3ccc(Cl)cn3)CC2)no1. The van der Waals surface area contributed by atoms with Gasteiger partial charge in [0.2, 0.25) is 5.88 Å². The fourth-order valence-corrected chi connectivity index (χ4v) is 2.77. The smallest absolute Gasteiger partial charge is 0.273 e. The molecule has 0 unspecified atom stereocenters. The maximum absolute atomic E-state index is 12.0. The van der Waals surface area contributed by atoms with Crippen molar-refractivity contribution in [2.24, 2.45) is 0 Å². The highest BCUT2D eigenvalue weighted by Gasteiger charge is 2.25. The summed E-state index contributed by atoms with van der Waals surface area (Å²) in [5.41, 5.74) is 0.325. The van der Waals surface area contributed by atoms with Crippen LogP contribution in [0.1, 0.15) is 41.9 Å². The van der Waals surface area contributed by atoms with E-state index in [4.69, 9.17) is 20.9 Å². The van der Waals surface area contributed by atoms with Gasteiger partial charge in [-0.3, -0.25) is 4.79 Å². The zero-order valence-electron chi connectivity index (χ0n) is 12.8. The molecule has 0 bridgehead atoms. The van der Waals surface area contributed by atoms with Gasteiger partial charge in [0.1, 0.15) is 11.9 Å².